The van der Waals surface area contributed by atoms with Crippen molar-refractivity contribution in [3.8, 4) is 0 Å². The molecule has 0 bridgehead atoms. The number of nitrogens with zero attached hydrogens (tertiary/aromatic N) is 1. The van der Waals surface area contributed by atoms with Crippen molar-refractivity contribution in [2.24, 2.45) is 0 Å². The molecule has 0 unspecified atom stereocenters. The van der Waals surface area contributed by atoms with Gasteiger partial charge in [-0.2, -0.15) is 0 Å². The van der Waals surface area contributed by atoms with Gasteiger partial charge in [0, 0.05) is 12.4 Å². The lowest BCUT2D eigenvalue weighted by molar-refractivity contribution is 0.0450. The molecular formula is C8H13NO3. The molecule has 4 nitrogen and oxygen atoms in total. The van der Waals surface area contributed by atoms with E-state index in [2.05, 4.69) is 4.98 Å². The number of aromatic nitrogens is 1. The summed E-state index contributed by atoms with van der Waals surface area (Å²) in [4.78, 5) is 3.78. The first kappa shape index (κ1) is 11.0. The van der Waals surface area contributed by atoms with Crippen LogP contribution < -0.4 is 0 Å². The Bertz CT molecular complexity index is 139. The molecule has 0 atom stereocenters. The van der Waals surface area contributed by atoms with Gasteiger partial charge in [-0.15, -0.1) is 0 Å². The van der Waals surface area contributed by atoms with Crippen molar-refractivity contribution in [2.75, 3.05) is 13.2 Å². The molecule has 0 aromatic carbocycles. The zero-order valence-corrected chi connectivity index (χ0v) is 6.67. The van der Waals surface area contributed by atoms with Crippen molar-refractivity contribution in [3.63, 3.8) is 0 Å². The lowest BCUT2D eigenvalue weighted by Crippen LogP contribution is -2.15. The SMILES string of the molecule is OCC(O)CO.c1ccncc1. The van der Waals surface area contributed by atoms with Crippen LogP contribution in [0.4, 0.5) is 0 Å². The molecule has 3 N–H and O–H groups in total. The Hall–Kier alpha value is -0.970. The van der Waals surface area contributed by atoms with Gasteiger partial charge in [0.2, 0.25) is 0 Å². The molecule has 1 rings (SSSR count). The molecule has 0 saturated carbocycles. The Labute approximate surface area is 71.1 Å². The highest BCUT2D eigenvalue weighted by Gasteiger charge is 1.93. The van der Waals surface area contributed by atoms with Gasteiger partial charge in [-0.25, -0.2) is 0 Å². The van der Waals surface area contributed by atoms with E-state index < -0.39 is 6.10 Å². The van der Waals surface area contributed by atoms with E-state index in [1.54, 1.807) is 12.4 Å². The topological polar surface area (TPSA) is 73.6 Å². The average molecular weight is 171 g/mol. The molecule has 1 heterocycles. The van der Waals surface area contributed by atoms with Crippen LogP contribution in [0.5, 0.6) is 0 Å². The van der Waals surface area contributed by atoms with Crippen molar-refractivity contribution >= 4 is 0 Å². The lowest BCUT2D eigenvalue weighted by atomic mass is 10.4. The van der Waals surface area contributed by atoms with Gasteiger partial charge in [0.1, 0.15) is 6.10 Å². The number of aliphatic hydroxyl groups excluding tert-OH is 3. The minimum Gasteiger partial charge on any atom is -0.394 e. The first-order valence-electron chi connectivity index (χ1n) is 3.56. The molecule has 1 aromatic rings. The van der Waals surface area contributed by atoms with Crippen LogP contribution in [-0.4, -0.2) is 39.6 Å². The van der Waals surface area contributed by atoms with E-state index in [0.717, 1.165) is 0 Å². The molecule has 0 amide bonds. The Morgan fingerprint density at radius 3 is 1.58 bits per heavy atom. The lowest BCUT2D eigenvalue weighted by Gasteiger charge is -1.96. The summed E-state index contributed by atoms with van der Waals surface area (Å²) in [5.74, 6) is 0. The second-order valence-electron chi connectivity index (χ2n) is 2.04. The molecule has 0 aliphatic carbocycles. The van der Waals surface area contributed by atoms with E-state index >= 15 is 0 Å². The minimum atomic E-state index is -0.954. The van der Waals surface area contributed by atoms with E-state index in [4.69, 9.17) is 15.3 Å². The van der Waals surface area contributed by atoms with Crippen LogP contribution in [0.2, 0.25) is 0 Å². The van der Waals surface area contributed by atoms with Crippen LogP contribution in [0.15, 0.2) is 30.6 Å². The normalized spacial score (nSPS) is 9.00. The Kier molecular flexibility index (Phi) is 7.47. The summed E-state index contributed by atoms with van der Waals surface area (Å²) in [6, 6.07) is 5.72. The van der Waals surface area contributed by atoms with Gasteiger partial charge >= 0.3 is 0 Å². The number of pyridine rings is 1. The monoisotopic (exact) mass is 171 g/mol. The molecule has 12 heavy (non-hydrogen) atoms. The van der Waals surface area contributed by atoms with Gasteiger partial charge in [0.15, 0.2) is 0 Å². The maximum atomic E-state index is 8.17. The van der Waals surface area contributed by atoms with Gasteiger partial charge < -0.3 is 15.3 Å². The van der Waals surface area contributed by atoms with Gasteiger partial charge in [0.25, 0.3) is 0 Å². The van der Waals surface area contributed by atoms with Crippen LogP contribution in [0.1, 0.15) is 0 Å². The predicted molar refractivity (Wildman–Crippen MR) is 44.4 cm³/mol. The van der Waals surface area contributed by atoms with Crippen molar-refractivity contribution in [1.82, 2.24) is 4.98 Å². The third-order valence-corrected chi connectivity index (χ3v) is 0.988. The molecule has 0 aliphatic rings. The summed E-state index contributed by atoms with van der Waals surface area (Å²) in [6.45, 7) is -0.729. The van der Waals surface area contributed by atoms with Crippen LogP contribution in [0.3, 0.4) is 0 Å². The maximum Gasteiger partial charge on any atom is 0.100 e. The van der Waals surface area contributed by atoms with Gasteiger partial charge in [-0.3, -0.25) is 4.98 Å². The third kappa shape index (κ3) is 7.14. The Morgan fingerprint density at radius 2 is 1.50 bits per heavy atom. The molecule has 0 fully saturated rings. The first-order chi connectivity index (χ1) is 5.81. The molecule has 1 aromatic heterocycles. The summed E-state index contributed by atoms with van der Waals surface area (Å²) in [7, 11) is 0. The highest BCUT2D eigenvalue weighted by Crippen LogP contribution is 1.73. The smallest absolute Gasteiger partial charge is 0.100 e. The summed E-state index contributed by atoms with van der Waals surface area (Å²) in [6.07, 6.45) is 2.55. The average Bonchev–Trinajstić information content (AvgIpc) is 2.20. The van der Waals surface area contributed by atoms with E-state index in [-0.39, 0.29) is 13.2 Å². The maximum absolute atomic E-state index is 8.17. The molecular weight excluding hydrogens is 158 g/mol. The second kappa shape index (κ2) is 8.13. The van der Waals surface area contributed by atoms with Crippen molar-refractivity contribution < 1.29 is 15.3 Å². The number of rotatable bonds is 2. The van der Waals surface area contributed by atoms with E-state index in [9.17, 15) is 0 Å². The first-order valence-corrected chi connectivity index (χ1v) is 3.56. The minimum absolute atomic E-state index is 0.365. The highest BCUT2D eigenvalue weighted by molar-refractivity contribution is 4.88. The van der Waals surface area contributed by atoms with Crippen molar-refractivity contribution in [1.29, 1.82) is 0 Å². The highest BCUT2D eigenvalue weighted by atomic mass is 16.3. The summed E-state index contributed by atoms with van der Waals surface area (Å²) in [5, 5.41) is 24.0. The summed E-state index contributed by atoms with van der Waals surface area (Å²) < 4.78 is 0. The zero-order chi connectivity index (χ0) is 9.23. The van der Waals surface area contributed by atoms with Crippen LogP contribution in [-0.2, 0) is 0 Å². The second-order valence-corrected chi connectivity index (χ2v) is 2.04. The van der Waals surface area contributed by atoms with Gasteiger partial charge in [0.05, 0.1) is 13.2 Å². The van der Waals surface area contributed by atoms with Crippen LogP contribution in [0, 0.1) is 0 Å². The molecule has 0 aliphatic heterocycles. The van der Waals surface area contributed by atoms with E-state index in [1.165, 1.54) is 0 Å². The zero-order valence-electron chi connectivity index (χ0n) is 6.67. The predicted octanol–water partition coefficient (Wildman–Crippen LogP) is -0.587. The molecule has 68 valence electrons. The number of aliphatic hydroxyl groups is 3. The van der Waals surface area contributed by atoms with E-state index in [1.807, 2.05) is 18.2 Å². The fraction of sp³-hybridized carbons (Fsp3) is 0.375. The van der Waals surface area contributed by atoms with Crippen molar-refractivity contribution in [2.45, 2.75) is 6.10 Å². The van der Waals surface area contributed by atoms with Crippen LogP contribution >= 0.6 is 0 Å². The van der Waals surface area contributed by atoms with Gasteiger partial charge in [-0.05, 0) is 12.1 Å². The molecule has 0 spiro atoms. The Balaban J connectivity index is 0.000000202. The standard InChI is InChI=1S/C5H5N.C3H8O3/c1-2-4-6-5-3-1;4-1-3(6)2-5/h1-5H;3-6H,1-2H2. The van der Waals surface area contributed by atoms with Crippen LogP contribution in [0.25, 0.3) is 0 Å². The van der Waals surface area contributed by atoms with Crippen molar-refractivity contribution in [3.05, 3.63) is 30.6 Å². The summed E-state index contributed by atoms with van der Waals surface area (Å²) >= 11 is 0. The third-order valence-electron chi connectivity index (χ3n) is 0.988. The number of hydrogen-bond acceptors (Lipinski definition) is 4. The largest absolute Gasteiger partial charge is 0.394 e. The van der Waals surface area contributed by atoms with E-state index in [0.29, 0.717) is 0 Å². The summed E-state index contributed by atoms with van der Waals surface area (Å²) in [5.41, 5.74) is 0. The van der Waals surface area contributed by atoms with Gasteiger partial charge in [-0.1, -0.05) is 6.07 Å². The number of hydrogen-bond donors (Lipinski definition) is 3. The fourth-order valence-corrected chi connectivity index (χ4v) is 0.370. The fourth-order valence-electron chi connectivity index (χ4n) is 0.370. The quantitative estimate of drug-likeness (QED) is 0.556. The molecule has 0 saturated heterocycles. The molecule has 0 radical (unpaired) electrons. The molecule has 4 heteroatoms. The Morgan fingerprint density at radius 1 is 1.00 bits per heavy atom.